The zero-order valence-corrected chi connectivity index (χ0v) is 11.3. The van der Waals surface area contributed by atoms with Crippen molar-refractivity contribution in [1.29, 1.82) is 0 Å². The molecular weight excluding hydrogens is 256 g/mol. The molecule has 1 fully saturated rings. The van der Waals surface area contributed by atoms with Crippen LogP contribution in [-0.2, 0) is 11.3 Å². The summed E-state index contributed by atoms with van der Waals surface area (Å²) in [5, 5.41) is 12.7. The van der Waals surface area contributed by atoms with E-state index in [4.69, 9.17) is 9.63 Å². The van der Waals surface area contributed by atoms with E-state index in [2.05, 4.69) is 10.1 Å². The van der Waals surface area contributed by atoms with Crippen LogP contribution in [0.4, 0.5) is 0 Å². The van der Waals surface area contributed by atoms with Crippen LogP contribution in [0.1, 0.15) is 43.6 Å². The summed E-state index contributed by atoms with van der Waals surface area (Å²) < 4.78 is 5.18. The third-order valence-electron chi connectivity index (χ3n) is 3.22. The monoisotopic (exact) mass is 274 g/mol. The van der Waals surface area contributed by atoms with Gasteiger partial charge in [-0.05, 0) is 32.9 Å². The van der Waals surface area contributed by atoms with E-state index in [1.54, 1.807) is 13.0 Å². The van der Waals surface area contributed by atoms with Crippen molar-refractivity contribution < 1.29 is 14.4 Å². The Kier molecular flexibility index (Phi) is 5.62. The molecule has 2 heterocycles. The molecular formula is C12H19ClN2O3. The average Bonchev–Trinajstić information content (AvgIpc) is 2.77. The third-order valence-corrected chi connectivity index (χ3v) is 3.22. The molecule has 5 nitrogen and oxygen atoms in total. The van der Waals surface area contributed by atoms with E-state index in [-0.39, 0.29) is 12.4 Å². The Hall–Kier alpha value is -1.07. The molecule has 1 aromatic rings. The number of piperidine rings is 1. The largest absolute Gasteiger partial charge is 0.481 e. The Morgan fingerprint density at radius 1 is 1.50 bits per heavy atom. The van der Waals surface area contributed by atoms with Gasteiger partial charge >= 0.3 is 5.97 Å². The van der Waals surface area contributed by atoms with Gasteiger partial charge in [-0.15, -0.1) is 12.4 Å². The van der Waals surface area contributed by atoms with Gasteiger partial charge in [-0.25, -0.2) is 0 Å². The number of hydrogen-bond acceptors (Lipinski definition) is 4. The molecule has 0 aliphatic carbocycles. The van der Waals surface area contributed by atoms with Gasteiger partial charge in [-0.2, -0.15) is 0 Å². The molecule has 1 N–H and O–H groups in total. The molecule has 0 bridgehead atoms. The normalized spacial score (nSPS) is 18.1. The molecule has 1 saturated heterocycles. The molecule has 1 aliphatic heterocycles. The van der Waals surface area contributed by atoms with Crippen molar-refractivity contribution in [2.75, 3.05) is 13.1 Å². The number of carboxylic acid groups (broad SMARTS) is 1. The minimum Gasteiger partial charge on any atom is -0.481 e. The summed E-state index contributed by atoms with van der Waals surface area (Å²) in [6.07, 6.45) is 3.76. The lowest BCUT2D eigenvalue weighted by atomic mass is 10.1. The Bertz CT molecular complexity index is 388. The van der Waals surface area contributed by atoms with Gasteiger partial charge < -0.3 is 9.63 Å². The SMILES string of the molecule is CC(C(=O)O)c1cc(CN2CCCCC2)on1.Cl. The molecule has 18 heavy (non-hydrogen) atoms. The molecule has 0 saturated carbocycles. The first-order valence-electron chi connectivity index (χ1n) is 6.07. The number of aromatic nitrogens is 1. The lowest BCUT2D eigenvalue weighted by molar-refractivity contribution is -0.138. The predicted molar refractivity (Wildman–Crippen MR) is 68.9 cm³/mol. The van der Waals surface area contributed by atoms with Gasteiger partial charge in [0.15, 0.2) is 5.76 Å². The summed E-state index contributed by atoms with van der Waals surface area (Å²) >= 11 is 0. The maximum absolute atomic E-state index is 10.8. The van der Waals surface area contributed by atoms with Gasteiger partial charge in [-0.3, -0.25) is 9.69 Å². The van der Waals surface area contributed by atoms with E-state index in [1.807, 2.05) is 0 Å². The second kappa shape index (κ2) is 6.75. The van der Waals surface area contributed by atoms with Gasteiger partial charge in [0.05, 0.1) is 18.2 Å². The molecule has 1 aliphatic rings. The van der Waals surface area contributed by atoms with E-state index >= 15 is 0 Å². The van der Waals surface area contributed by atoms with Crippen molar-refractivity contribution in [2.45, 2.75) is 38.6 Å². The van der Waals surface area contributed by atoms with E-state index < -0.39 is 11.9 Å². The van der Waals surface area contributed by atoms with Crippen LogP contribution >= 0.6 is 12.4 Å². The van der Waals surface area contributed by atoms with Crippen molar-refractivity contribution in [3.05, 3.63) is 17.5 Å². The van der Waals surface area contributed by atoms with Crippen LogP contribution in [0.25, 0.3) is 0 Å². The Labute approximate surface area is 113 Å². The van der Waals surface area contributed by atoms with Crippen molar-refractivity contribution in [1.82, 2.24) is 10.1 Å². The summed E-state index contributed by atoms with van der Waals surface area (Å²) in [6, 6.07) is 1.76. The number of likely N-dealkylation sites (tertiary alicyclic amines) is 1. The molecule has 6 heteroatoms. The van der Waals surface area contributed by atoms with Crippen LogP contribution in [0, 0.1) is 0 Å². The highest BCUT2D eigenvalue weighted by Crippen LogP contribution is 2.18. The van der Waals surface area contributed by atoms with Crippen molar-refractivity contribution in [3.63, 3.8) is 0 Å². The molecule has 0 radical (unpaired) electrons. The summed E-state index contributed by atoms with van der Waals surface area (Å²) in [7, 11) is 0. The highest BCUT2D eigenvalue weighted by Gasteiger charge is 2.19. The van der Waals surface area contributed by atoms with Gasteiger partial charge in [-0.1, -0.05) is 11.6 Å². The maximum atomic E-state index is 10.8. The Morgan fingerprint density at radius 3 is 2.78 bits per heavy atom. The highest BCUT2D eigenvalue weighted by molar-refractivity contribution is 5.85. The smallest absolute Gasteiger partial charge is 0.312 e. The molecule has 0 spiro atoms. The second-order valence-electron chi connectivity index (χ2n) is 4.61. The number of carbonyl (C=O) groups is 1. The van der Waals surface area contributed by atoms with Crippen LogP contribution in [0.2, 0.25) is 0 Å². The first kappa shape index (κ1) is 15.0. The van der Waals surface area contributed by atoms with Crippen molar-refractivity contribution in [2.24, 2.45) is 0 Å². The van der Waals surface area contributed by atoms with Crippen LogP contribution < -0.4 is 0 Å². The fourth-order valence-corrected chi connectivity index (χ4v) is 2.07. The second-order valence-corrected chi connectivity index (χ2v) is 4.61. The lowest BCUT2D eigenvalue weighted by Gasteiger charge is -2.24. The summed E-state index contributed by atoms with van der Waals surface area (Å²) in [4.78, 5) is 13.1. The minimum atomic E-state index is -0.872. The summed E-state index contributed by atoms with van der Waals surface area (Å²) in [5.41, 5.74) is 0.504. The van der Waals surface area contributed by atoms with Gasteiger partial charge in [0.2, 0.25) is 0 Å². The third kappa shape index (κ3) is 3.71. The first-order valence-corrected chi connectivity index (χ1v) is 6.07. The molecule has 1 unspecified atom stereocenters. The number of carboxylic acids is 1. The number of aliphatic carboxylic acids is 1. The first-order chi connectivity index (χ1) is 8.16. The van der Waals surface area contributed by atoms with Crippen LogP contribution in [-0.4, -0.2) is 34.2 Å². The van der Waals surface area contributed by atoms with E-state index in [1.165, 1.54) is 19.3 Å². The van der Waals surface area contributed by atoms with Gasteiger partial charge in [0.1, 0.15) is 0 Å². The van der Waals surface area contributed by atoms with Crippen molar-refractivity contribution >= 4 is 18.4 Å². The zero-order valence-electron chi connectivity index (χ0n) is 10.5. The van der Waals surface area contributed by atoms with E-state index in [0.717, 1.165) is 25.4 Å². The molecule has 2 rings (SSSR count). The number of halogens is 1. The quantitative estimate of drug-likeness (QED) is 0.912. The standard InChI is InChI=1S/C12H18N2O3.ClH/c1-9(12(15)16)11-7-10(17-13-11)8-14-5-3-2-4-6-14;/h7,9H,2-6,8H2,1H3,(H,15,16);1H. The fraction of sp³-hybridized carbons (Fsp3) is 0.667. The van der Waals surface area contributed by atoms with Gasteiger partial charge in [0.25, 0.3) is 0 Å². The van der Waals surface area contributed by atoms with Crippen molar-refractivity contribution in [3.8, 4) is 0 Å². The lowest BCUT2D eigenvalue weighted by Crippen LogP contribution is -2.28. The van der Waals surface area contributed by atoms with Crippen LogP contribution in [0.5, 0.6) is 0 Å². The predicted octanol–water partition coefficient (Wildman–Crippen LogP) is 2.27. The number of nitrogens with zero attached hydrogens (tertiary/aromatic N) is 2. The fourth-order valence-electron chi connectivity index (χ4n) is 2.07. The van der Waals surface area contributed by atoms with Crippen LogP contribution in [0.3, 0.4) is 0 Å². The summed E-state index contributed by atoms with van der Waals surface area (Å²) in [6.45, 7) is 4.53. The molecule has 1 atom stereocenters. The number of hydrogen-bond donors (Lipinski definition) is 1. The Balaban J connectivity index is 0.00000162. The zero-order chi connectivity index (χ0) is 12.3. The topological polar surface area (TPSA) is 66.6 Å². The highest BCUT2D eigenvalue weighted by atomic mass is 35.5. The average molecular weight is 275 g/mol. The molecule has 0 aromatic carbocycles. The Morgan fingerprint density at radius 2 is 2.17 bits per heavy atom. The molecule has 102 valence electrons. The summed E-state index contributed by atoms with van der Waals surface area (Å²) in [5.74, 6) is -0.716. The van der Waals surface area contributed by atoms with Crippen LogP contribution in [0.15, 0.2) is 10.6 Å². The maximum Gasteiger partial charge on any atom is 0.312 e. The molecule has 0 amide bonds. The van der Waals surface area contributed by atoms with Gasteiger partial charge in [0, 0.05) is 6.07 Å². The van der Waals surface area contributed by atoms with E-state index in [9.17, 15) is 4.79 Å². The van der Waals surface area contributed by atoms with E-state index in [0.29, 0.717) is 5.69 Å². The minimum absolute atomic E-state index is 0. The molecule has 1 aromatic heterocycles. The number of rotatable bonds is 4.